The van der Waals surface area contributed by atoms with Crippen molar-refractivity contribution in [1.82, 2.24) is 0 Å². The Kier molecular flexibility index (Phi) is 4.81. The van der Waals surface area contributed by atoms with E-state index >= 15 is 0 Å². The SMILES string of the molecule is O=C(O)c1ccc(C(Br)CC2CCCCC2)cc1. The van der Waals surface area contributed by atoms with Gasteiger partial charge in [0.15, 0.2) is 0 Å². The van der Waals surface area contributed by atoms with Crippen molar-refractivity contribution in [3.63, 3.8) is 0 Å². The Morgan fingerprint density at radius 2 is 1.83 bits per heavy atom. The highest BCUT2D eigenvalue weighted by molar-refractivity contribution is 9.09. The minimum absolute atomic E-state index is 0.350. The number of carboxylic acids is 1. The van der Waals surface area contributed by atoms with E-state index in [1.807, 2.05) is 12.1 Å². The van der Waals surface area contributed by atoms with Crippen molar-refractivity contribution in [3.8, 4) is 0 Å². The normalized spacial score (nSPS) is 18.5. The molecule has 1 aromatic rings. The smallest absolute Gasteiger partial charge is 0.335 e. The number of hydrogen-bond acceptors (Lipinski definition) is 1. The predicted octanol–water partition coefficient (Wildman–Crippen LogP) is 4.79. The molecule has 0 heterocycles. The van der Waals surface area contributed by atoms with Gasteiger partial charge < -0.3 is 5.11 Å². The largest absolute Gasteiger partial charge is 0.478 e. The van der Waals surface area contributed by atoms with Crippen LogP contribution in [0.5, 0.6) is 0 Å². The van der Waals surface area contributed by atoms with E-state index < -0.39 is 5.97 Å². The molecule has 0 amide bonds. The van der Waals surface area contributed by atoms with Gasteiger partial charge in [-0.05, 0) is 30.0 Å². The first-order chi connectivity index (χ1) is 8.66. The van der Waals surface area contributed by atoms with Crippen LogP contribution in [-0.4, -0.2) is 11.1 Å². The summed E-state index contributed by atoms with van der Waals surface area (Å²) in [6.45, 7) is 0. The summed E-state index contributed by atoms with van der Waals surface area (Å²) in [5.74, 6) is -0.0396. The van der Waals surface area contributed by atoms with Gasteiger partial charge in [0.25, 0.3) is 0 Å². The lowest BCUT2D eigenvalue weighted by atomic mass is 9.85. The third-order valence-corrected chi connectivity index (χ3v) is 4.69. The summed E-state index contributed by atoms with van der Waals surface area (Å²) in [6.07, 6.45) is 7.96. The molecule has 0 spiro atoms. The number of carbonyl (C=O) groups is 1. The van der Waals surface area contributed by atoms with Crippen molar-refractivity contribution in [1.29, 1.82) is 0 Å². The maximum absolute atomic E-state index is 10.8. The van der Waals surface area contributed by atoms with Crippen molar-refractivity contribution in [2.75, 3.05) is 0 Å². The Labute approximate surface area is 117 Å². The highest BCUT2D eigenvalue weighted by Crippen LogP contribution is 2.36. The zero-order valence-corrected chi connectivity index (χ0v) is 12.0. The van der Waals surface area contributed by atoms with Crippen LogP contribution in [0, 0.1) is 5.92 Å². The molecule has 1 aliphatic rings. The Morgan fingerprint density at radius 1 is 1.22 bits per heavy atom. The first-order valence-electron chi connectivity index (χ1n) is 6.64. The molecule has 98 valence electrons. The first kappa shape index (κ1) is 13.6. The van der Waals surface area contributed by atoms with Crippen molar-refractivity contribution >= 4 is 21.9 Å². The number of carboxylic acid groups (broad SMARTS) is 1. The van der Waals surface area contributed by atoms with Gasteiger partial charge in [0, 0.05) is 4.83 Å². The molecule has 0 saturated heterocycles. The van der Waals surface area contributed by atoms with Crippen LogP contribution >= 0.6 is 15.9 Å². The Balaban J connectivity index is 1.95. The van der Waals surface area contributed by atoms with Crippen LogP contribution in [0.3, 0.4) is 0 Å². The van der Waals surface area contributed by atoms with Crippen molar-refractivity contribution in [2.45, 2.75) is 43.4 Å². The highest BCUT2D eigenvalue weighted by atomic mass is 79.9. The predicted molar refractivity (Wildman–Crippen MR) is 76.3 cm³/mol. The summed E-state index contributed by atoms with van der Waals surface area (Å²) in [6, 6.07) is 7.22. The number of benzene rings is 1. The third kappa shape index (κ3) is 3.58. The molecule has 18 heavy (non-hydrogen) atoms. The fourth-order valence-electron chi connectivity index (χ4n) is 2.69. The van der Waals surface area contributed by atoms with Crippen molar-refractivity contribution in [3.05, 3.63) is 35.4 Å². The molecule has 0 bridgehead atoms. The van der Waals surface area contributed by atoms with Gasteiger partial charge in [0.1, 0.15) is 0 Å². The van der Waals surface area contributed by atoms with Crippen LogP contribution in [0.15, 0.2) is 24.3 Å². The summed E-state index contributed by atoms with van der Waals surface area (Å²) < 4.78 is 0. The first-order valence-corrected chi connectivity index (χ1v) is 7.55. The van der Waals surface area contributed by atoms with Gasteiger partial charge in [-0.1, -0.05) is 60.2 Å². The minimum atomic E-state index is -0.861. The molecule has 1 N–H and O–H groups in total. The van der Waals surface area contributed by atoms with Crippen LogP contribution < -0.4 is 0 Å². The van der Waals surface area contributed by atoms with E-state index in [2.05, 4.69) is 15.9 Å². The van der Waals surface area contributed by atoms with Crippen molar-refractivity contribution in [2.24, 2.45) is 5.92 Å². The molecule has 2 nitrogen and oxygen atoms in total. The lowest BCUT2D eigenvalue weighted by Crippen LogP contribution is -2.08. The molecule has 1 saturated carbocycles. The van der Waals surface area contributed by atoms with Gasteiger partial charge in [-0.25, -0.2) is 4.79 Å². The summed E-state index contributed by atoms with van der Waals surface area (Å²) in [7, 11) is 0. The van der Waals surface area contributed by atoms with E-state index in [-0.39, 0.29) is 0 Å². The standard InChI is InChI=1S/C15H19BrO2/c16-14(10-11-4-2-1-3-5-11)12-6-8-13(9-7-12)15(17)18/h6-9,11,14H,1-5,10H2,(H,17,18). The van der Waals surface area contributed by atoms with Gasteiger partial charge in [-0.15, -0.1) is 0 Å². The second-order valence-corrected chi connectivity index (χ2v) is 6.24. The third-order valence-electron chi connectivity index (χ3n) is 3.78. The second-order valence-electron chi connectivity index (χ2n) is 5.13. The zero-order valence-electron chi connectivity index (χ0n) is 10.4. The van der Waals surface area contributed by atoms with Gasteiger partial charge in [0.05, 0.1) is 5.56 Å². The summed E-state index contributed by atoms with van der Waals surface area (Å²) in [5, 5.41) is 8.86. The van der Waals surface area contributed by atoms with E-state index in [0.717, 1.165) is 12.3 Å². The molecule has 1 unspecified atom stereocenters. The average Bonchev–Trinajstić information content (AvgIpc) is 2.40. The molecule has 3 heteroatoms. The lowest BCUT2D eigenvalue weighted by molar-refractivity contribution is 0.0697. The molecular formula is C15H19BrO2. The van der Waals surface area contributed by atoms with Crippen molar-refractivity contribution < 1.29 is 9.90 Å². The van der Waals surface area contributed by atoms with E-state index in [9.17, 15) is 4.79 Å². The van der Waals surface area contributed by atoms with Gasteiger partial charge in [-0.2, -0.15) is 0 Å². The van der Waals surface area contributed by atoms with Gasteiger partial charge in [0.2, 0.25) is 0 Å². The molecule has 1 fully saturated rings. The molecule has 0 aliphatic heterocycles. The van der Waals surface area contributed by atoms with E-state index in [1.54, 1.807) is 12.1 Å². The molecular weight excluding hydrogens is 292 g/mol. The second kappa shape index (κ2) is 6.37. The van der Waals surface area contributed by atoms with Crippen LogP contribution in [0.4, 0.5) is 0 Å². The Hall–Kier alpha value is -0.830. The average molecular weight is 311 g/mol. The minimum Gasteiger partial charge on any atom is -0.478 e. The fraction of sp³-hybridized carbons (Fsp3) is 0.533. The molecule has 0 aromatic heterocycles. The van der Waals surface area contributed by atoms with Crippen LogP contribution in [0.2, 0.25) is 0 Å². The number of alkyl halides is 1. The maximum Gasteiger partial charge on any atom is 0.335 e. The fourth-order valence-corrected chi connectivity index (χ4v) is 3.52. The number of rotatable bonds is 4. The van der Waals surface area contributed by atoms with Gasteiger partial charge in [-0.3, -0.25) is 0 Å². The number of hydrogen-bond donors (Lipinski definition) is 1. The topological polar surface area (TPSA) is 37.3 Å². The molecule has 0 radical (unpaired) electrons. The molecule has 1 atom stereocenters. The molecule has 1 aromatic carbocycles. The summed E-state index contributed by atoms with van der Waals surface area (Å²) >= 11 is 3.74. The lowest BCUT2D eigenvalue weighted by Gasteiger charge is -2.24. The van der Waals surface area contributed by atoms with Crippen LogP contribution in [0.25, 0.3) is 0 Å². The van der Waals surface area contributed by atoms with E-state index in [1.165, 1.54) is 37.7 Å². The van der Waals surface area contributed by atoms with E-state index in [4.69, 9.17) is 5.11 Å². The quantitative estimate of drug-likeness (QED) is 0.812. The van der Waals surface area contributed by atoms with Gasteiger partial charge >= 0.3 is 5.97 Å². The molecule has 1 aliphatic carbocycles. The highest BCUT2D eigenvalue weighted by Gasteiger charge is 2.18. The van der Waals surface area contributed by atoms with E-state index in [0.29, 0.717) is 10.4 Å². The monoisotopic (exact) mass is 310 g/mol. The Morgan fingerprint density at radius 3 is 2.39 bits per heavy atom. The maximum atomic E-state index is 10.8. The number of halogens is 1. The molecule has 2 rings (SSSR count). The number of aromatic carboxylic acids is 1. The van der Waals surface area contributed by atoms with Crippen LogP contribution in [0.1, 0.15) is 59.3 Å². The zero-order chi connectivity index (χ0) is 13.0. The summed E-state index contributed by atoms with van der Waals surface area (Å²) in [5.41, 5.74) is 1.54. The Bertz CT molecular complexity index is 393. The van der Waals surface area contributed by atoms with Crippen LogP contribution in [-0.2, 0) is 0 Å². The summed E-state index contributed by atoms with van der Waals surface area (Å²) in [4.78, 5) is 11.1.